The van der Waals surface area contributed by atoms with Crippen LogP contribution in [0.4, 0.5) is 22.7 Å². The van der Waals surface area contributed by atoms with Gasteiger partial charge in [0.15, 0.2) is 0 Å². The molecule has 2 aromatic carbocycles. The SMILES string of the molecule is Cc1c(C(=O)Nc2ccc(N3CCNCC3)c([N+](=O)[O-])c2)cccc1[N+](=O)[O-]. The number of rotatable bonds is 5. The summed E-state index contributed by atoms with van der Waals surface area (Å²) in [6.07, 6.45) is 0. The molecule has 0 saturated carbocycles. The molecule has 0 bridgehead atoms. The molecule has 0 aromatic heterocycles. The summed E-state index contributed by atoms with van der Waals surface area (Å²) in [5, 5.41) is 28.4. The van der Waals surface area contributed by atoms with E-state index in [1.165, 1.54) is 31.2 Å². The summed E-state index contributed by atoms with van der Waals surface area (Å²) in [5.74, 6) is -0.564. The van der Waals surface area contributed by atoms with Gasteiger partial charge in [0.25, 0.3) is 17.3 Å². The number of carbonyl (C=O) groups excluding carboxylic acids is 1. The topological polar surface area (TPSA) is 131 Å². The van der Waals surface area contributed by atoms with E-state index in [1.807, 2.05) is 4.90 Å². The third kappa shape index (κ3) is 3.91. The molecule has 0 aliphatic carbocycles. The van der Waals surface area contributed by atoms with Gasteiger partial charge in [-0.15, -0.1) is 0 Å². The molecule has 2 N–H and O–H groups in total. The quantitative estimate of drug-likeness (QED) is 0.597. The van der Waals surface area contributed by atoms with Crippen LogP contribution in [0.3, 0.4) is 0 Å². The summed E-state index contributed by atoms with van der Waals surface area (Å²) in [6, 6.07) is 8.73. The van der Waals surface area contributed by atoms with E-state index in [0.717, 1.165) is 13.1 Å². The largest absolute Gasteiger partial charge is 0.363 e. The number of hydrogen-bond donors (Lipinski definition) is 2. The number of anilines is 2. The smallest absolute Gasteiger partial charge is 0.294 e. The number of piperazine rings is 1. The first kappa shape index (κ1) is 19.2. The number of nitro benzene ring substituents is 2. The summed E-state index contributed by atoms with van der Waals surface area (Å²) in [7, 11) is 0. The molecule has 0 unspecified atom stereocenters. The Morgan fingerprint density at radius 2 is 1.75 bits per heavy atom. The summed E-state index contributed by atoms with van der Waals surface area (Å²) in [6.45, 7) is 4.27. The van der Waals surface area contributed by atoms with Crippen LogP contribution < -0.4 is 15.5 Å². The first-order chi connectivity index (χ1) is 13.4. The van der Waals surface area contributed by atoms with Crippen LogP contribution in [0.15, 0.2) is 36.4 Å². The second-order valence-electron chi connectivity index (χ2n) is 6.36. The van der Waals surface area contributed by atoms with Gasteiger partial charge in [-0.1, -0.05) is 6.07 Å². The third-order valence-corrected chi connectivity index (χ3v) is 4.63. The van der Waals surface area contributed by atoms with E-state index in [-0.39, 0.29) is 28.2 Å². The van der Waals surface area contributed by atoms with Gasteiger partial charge in [0, 0.05) is 55.1 Å². The second-order valence-corrected chi connectivity index (χ2v) is 6.36. The average Bonchev–Trinajstić information content (AvgIpc) is 2.68. The molecular weight excluding hydrogens is 366 g/mol. The van der Waals surface area contributed by atoms with Crippen LogP contribution in [0, 0.1) is 27.2 Å². The Hall–Kier alpha value is -3.53. The Kier molecular flexibility index (Phi) is 5.50. The lowest BCUT2D eigenvalue weighted by Crippen LogP contribution is -2.43. The number of carbonyl (C=O) groups is 1. The maximum Gasteiger partial charge on any atom is 0.294 e. The Morgan fingerprint density at radius 3 is 2.39 bits per heavy atom. The van der Waals surface area contributed by atoms with Crippen molar-refractivity contribution in [3.63, 3.8) is 0 Å². The van der Waals surface area contributed by atoms with Gasteiger partial charge < -0.3 is 15.5 Å². The van der Waals surface area contributed by atoms with Gasteiger partial charge in [0.2, 0.25) is 0 Å². The molecule has 0 atom stereocenters. The van der Waals surface area contributed by atoms with E-state index in [0.29, 0.717) is 18.8 Å². The summed E-state index contributed by atoms with van der Waals surface area (Å²) in [5.41, 5.74) is 0.862. The number of nitro groups is 2. The van der Waals surface area contributed by atoms with E-state index in [2.05, 4.69) is 10.6 Å². The van der Waals surface area contributed by atoms with Crippen molar-refractivity contribution >= 4 is 28.7 Å². The molecule has 1 saturated heterocycles. The number of benzene rings is 2. The predicted octanol–water partition coefficient (Wildman–Crippen LogP) is 2.47. The van der Waals surface area contributed by atoms with Gasteiger partial charge in [0.05, 0.1) is 9.85 Å². The van der Waals surface area contributed by atoms with Crippen LogP contribution in [0.1, 0.15) is 15.9 Å². The van der Waals surface area contributed by atoms with Gasteiger partial charge in [0.1, 0.15) is 5.69 Å². The van der Waals surface area contributed by atoms with Gasteiger partial charge in [-0.2, -0.15) is 0 Å². The Balaban J connectivity index is 1.87. The molecule has 1 aliphatic rings. The van der Waals surface area contributed by atoms with Crippen LogP contribution in [-0.2, 0) is 0 Å². The molecule has 1 aliphatic heterocycles. The Labute approximate surface area is 160 Å². The Bertz CT molecular complexity index is 940. The first-order valence-corrected chi connectivity index (χ1v) is 8.68. The highest BCUT2D eigenvalue weighted by Crippen LogP contribution is 2.32. The fourth-order valence-corrected chi connectivity index (χ4v) is 3.19. The maximum absolute atomic E-state index is 12.6. The number of nitrogens with zero attached hydrogens (tertiary/aromatic N) is 3. The van der Waals surface area contributed by atoms with E-state index < -0.39 is 15.8 Å². The third-order valence-electron chi connectivity index (χ3n) is 4.63. The van der Waals surface area contributed by atoms with Crippen LogP contribution in [-0.4, -0.2) is 41.9 Å². The van der Waals surface area contributed by atoms with Crippen LogP contribution in [0.25, 0.3) is 0 Å². The molecule has 146 valence electrons. The van der Waals surface area contributed by atoms with E-state index in [4.69, 9.17) is 0 Å². The van der Waals surface area contributed by atoms with E-state index >= 15 is 0 Å². The lowest BCUT2D eigenvalue weighted by Gasteiger charge is -2.29. The summed E-state index contributed by atoms with van der Waals surface area (Å²) >= 11 is 0. The van der Waals surface area contributed by atoms with Crippen molar-refractivity contribution < 1.29 is 14.6 Å². The Morgan fingerprint density at radius 1 is 1.07 bits per heavy atom. The molecule has 10 heteroatoms. The molecule has 0 radical (unpaired) electrons. The van der Waals surface area contributed by atoms with Crippen LogP contribution in [0.5, 0.6) is 0 Å². The number of hydrogen-bond acceptors (Lipinski definition) is 7. The zero-order chi connectivity index (χ0) is 20.3. The fourth-order valence-electron chi connectivity index (χ4n) is 3.19. The van der Waals surface area contributed by atoms with Gasteiger partial charge >= 0.3 is 0 Å². The van der Waals surface area contributed by atoms with Crippen LogP contribution in [0.2, 0.25) is 0 Å². The molecule has 1 amide bonds. The monoisotopic (exact) mass is 385 g/mol. The maximum atomic E-state index is 12.6. The second kappa shape index (κ2) is 8.01. The first-order valence-electron chi connectivity index (χ1n) is 8.68. The lowest BCUT2D eigenvalue weighted by molar-refractivity contribution is -0.385. The minimum atomic E-state index is -0.564. The zero-order valence-corrected chi connectivity index (χ0v) is 15.2. The molecule has 2 aromatic rings. The molecule has 1 fully saturated rings. The standard InChI is InChI=1S/C18H19N5O5/c1-12-14(3-2-4-15(12)22(25)26)18(24)20-13-5-6-16(17(11-13)23(27)28)21-9-7-19-8-10-21/h2-6,11,19H,7-10H2,1H3,(H,20,24). The molecule has 1 heterocycles. The van der Waals surface area contributed by atoms with E-state index in [1.54, 1.807) is 12.1 Å². The van der Waals surface area contributed by atoms with Crippen LogP contribution >= 0.6 is 0 Å². The zero-order valence-electron chi connectivity index (χ0n) is 15.2. The molecular formula is C18H19N5O5. The predicted molar refractivity (Wildman–Crippen MR) is 104 cm³/mol. The average molecular weight is 385 g/mol. The van der Waals surface area contributed by atoms with Gasteiger partial charge in [-0.25, -0.2) is 0 Å². The summed E-state index contributed by atoms with van der Waals surface area (Å²) < 4.78 is 0. The summed E-state index contributed by atoms with van der Waals surface area (Å²) in [4.78, 5) is 36.0. The normalized spacial score (nSPS) is 13.8. The van der Waals surface area contributed by atoms with Gasteiger partial charge in [-0.05, 0) is 25.1 Å². The van der Waals surface area contributed by atoms with Crippen molar-refractivity contribution in [1.29, 1.82) is 0 Å². The molecule has 10 nitrogen and oxygen atoms in total. The van der Waals surface area contributed by atoms with Crippen molar-refractivity contribution in [2.24, 2.45) is 0 Å². The van der Waals surface area contributed by atoms with Crippen molar-refractivity contribution in [3.05, 3.63) is 67.8 Å². The molecule has 0 spiro atoms. The highest BCUT2D eigenvalue weighted by atomic mass is 16.6. The molecule has 3 rings (SSSR count). The highest BCUT2D eigenvalue weighted by Gasteiger charge is 2.23. The number of nitrogens with one attached hydrogen (secondary N) is 2. The van der Waals surface area contributed by atoms with Crippen molar-refractivity contribution in [1.82, 2.24) is 5.32 Å². The van der Waals surface area contributed by atoms with Gasteiger partial charge in [-0.3, -0.25) is 25.0 Å². The minimum absolute atomic E-state index is 0.101. The van der Waals surface area contributed by atoms with Crippen molar-refractivity contribution in [2.75, 3.05) is 36.4 Å². The van der Waals surface area contributed by atoms with E-state index in [9.17, 15) is 25.0 Å². The van der Waals surface area contributed by atoms with Crippen molar-refractivity contribution in [3.8, 4) is 0 Å². The number of amides is 1. The lowest BCUT2D eigenvalue weighted by atomic mass is 10.1. The minimum Gasteiger partial charge on any atom is -0.363 e. The highest BCUT2D eigenvalue weighted by molar-refractivity contribution is 6.06. The molecule has 28 heavy (non-hydrogen) atoms. The van der Waals surface area contributed by atoms with Crippen molar-refractivity contribution in [2.45, 2.75) is 6.92 Å². The fraction of sp³-hybridized carbons (Fsp3) is 0.278.